The average Bonchev–Trinajstić information content (AvgIpc) is 2.68. The van der Waals surface area contributed by atoms with Crippen molar-refractivity contribution >= 4 is 19.8 Å². The molecule has 2 heterocycles. The van der Waals surface area contributed by atoms with Gasteiger partial charge in [0.1, 0.15) is 18.3 Å². The minimum atomic E-state index is -4.82. The first-order chi connectivity index (χ1) is 10.1. The van der Waals surface area contributed by atoms with Crippen LogP contribution in [-0.2, 0) is 18.6 Å². The number of imide groups is 1. The predicted molar refractivity (Wildman–Crippen MR) is 63.8 cm³/mol. The fourth-order valence-corrected chi connectivity index (χ4v) is 2.45. The number of nitrogens with zero attached hydrogens (tertiary/aromatic N) is 1. The van der Waals surface area contributed by atoms with Gasteiger partial charge in [-0.1, -0.05) is 0 Å². The van der Waals surface area contributed by atoms with Crippen LogP contribution in [0.5, 0.6) is 0 Å². The van der Waals surface area contributed by atoms with Crippen LogP contribution in [0.2, 0.25) is 0 Å². The molecule has 5 N–H and O–H groups in total. The van der Waals surface area contributed by atoms with Crippen LogP contribution < -0.4 is 5.32 Å². The van der Waals surface area contributed by atoms with Gasteiger partial charge in [0.05, 0.1) is 13.2 Å². The van der Waals surface area contributed by atoms with E-state index in [2.05, 4.69) is 4.52 Å². The molecule has 0 aromatic heterocycles. The molecule has 0 spiro atoms. The molecule has 0 aromatic carbocycles. The third-order valence-electron chi connectivity index (χ3n) is 3.18. The van der Waals surface area contributed by atoms with Gasteiger partial charge in [-0.15, -0.1) is 0 Å². The number of hydrogen-bond donors (Lipinski definition) is 5. The molecule has 1 unspecified atom stereocenters. The maximum Gasteiger partial charge on any atom is 0.469 e. The Morgan fingerprint density at radius 1 is 1.36 bits per heavy atom. The Kier molecular flexibility index (Phi) is 4.82. The molecular formula is C9H14FN2O9P. The first-order valence-electron chi connectivity index (χ1n) is 6.07. The Morgan fingerprint density at radius 3 is 2.59 bits per heavy atom. The van der Waals surface area contributed by atoms with E-state index in [1.165, 1.54) is 0 Å². The monoisotopic (exact) mass is 344 g/mol. The van der Waals surface area contributed by atoms with E-state index in [4.69, 9.17) is 14.5 Å². The number of hydrogen-bond acceptors (Lipinski definition) is 7. The van der Waals surface area contributed by atoms with Gasteiger partial charge in [0.25, 0.3) is 5.91 Å². The number of urea groups is 1. The second kappa shape index (κ2) is 6.16. The van der Waals surface area contributed by atoms with E-state index in [-0.39, 0.29) is 0 Å². The van der Waals surface area contributed by atoms with Crippen molar-refractivity contribution in [3.63, 3.8) is 0 Å². The second-order valence-corrected chi connectivity index (χ2v) is 5.99. The highest BCUT2D eigenvalue weighted by molar-refractivity contribution is 7.46. The van der Waals surface area contributed by atoms with Gasteiger partial charge in [0, 0.05) is 0 Å². The molecule has 13 heteroatoms. The van der Waals surface area contributed by atoms with Crippen LogP contribution in [0.25, 0.3) is 0 Å². The van der Waals surface area contributed by atoms with E-state index < -0.39 is 63.6 Å². The third-order valence-corrected chi connectivity index (χ3v) is 3.67. The lowest BCUT2D eigenvalue weighted by molar-refractivity contribution is -0.132. The highest BCUT2D eigenvalue weighted by atomic mass is 31.2. The van der Waals surface area contributed by atoms with Crippen LogP contribution >= 0.6 is 7.82 Å². The number of aliphatic hydroxyl groups excluding tert-OH is 2. The van der Waals surface area contributed by atoms with Crippen LogP contribution in [0, 0.1) is 0 Å². The molecule has 22 heavy (non-hydrogen) atoms. The van der Waals surface area contributed by atoms with Gasteiger partial charge in [-0.2, -0.15) is 0 Å². The van der Waals surface area contributed by atoms with Crippen molar-refractivity contribution in [3.8, 4) is 0 Å². The van der Waals surface area contributed by atoms with Crippen LogP contribution in [0.1, 0.15) is 0 Å². The van der Waals surface area contributed by atoms with Gasteiger partial charge in [-0.3, -0.25) is 19.5 Å². The quantitative estimate of drug-likeness (QED) is 0.345. The predicted octanol–water partition coefficient (Wildman–Crippen LogP) is -2.57. The molecule has 3 amide bonds. The number of alkyl halides is 1. The largest absolute Gasteiger partial charge is 0.469 e. The summed E-state index contributed by atoms with van der Waals surface area (Å²) in [6.45, 7) is -1.45. The number of phosphoric ester groups is 1. The van der Waals surface area contributed by atoms with Crippen molar-refractivity contribution in [3.05, 3.63) is 0 Å². The number of aliphatic hydroxyl groups is 2. The Hall–Kier alpha value is -1.14. The molecule has 11 nitrogen and oxygen atoms in total. The van der Waals surface area contributed by atoms with E-state index in [0.717, 1.165) is 0 Å². The lowest BCUT2D eigenvalue weighted by atomic mass is 10.1. The Bertz CT molecular complexity index is 513. The SMILES string of the molecule is O=C1NC(=O)N([C@@H]2O[C@H](COP(=O)(O)O)[C@@H](O)[C@H]2O)CC1F. The molecule has 2 aliphatic heterocycles. The highest BCUT2D eigenvalue weighted by Crippen LogP contribution is 2.37. The van der Waals surface area contributed by atoms with Crippen molar-refractivity contribution in [1.82, 2.24) is 10.2 Å². The summed E-state index contributed by atoms with van der Waals surface area (Å²) in [5.74, 6) is -1.13. The minimum Gasteiger partial charge on any atom is -0.387 e. The number of ether oxygens (including phenoxy) is 1. The molecule has 0 bridgehead atoms. The summed E-state index contributed by atoms with van der Waals surface area (Å²) in [4.78, 5) is 40.4. The van der Waals surface area contributed by atoms with E-state index in [1.807, 2.05) is 0 Å². The lowest BCUT2D eigenvalue weighted by Crippen LogP contribution is -2.60. The fraction of sp³-hybridized carbons (Fsp3) is 0.778. The summed E-state index contributed by atoms with van der Waals surface area (Å²) < 4.78 is 33.2. The number of rotatable bonds is 4. The molecule has 2 saturated heterocycles. The molecule has 0 aliphatic carbocycles. The third kappa shape index (κ3) is 3.60. The molecular weight excluding hydrogens is 330 g/mol. The average molecular weight is 344 g/mol. The molecule has 2 fully saturated rings. The summed E-state index contributed by atoms with van der Waals surface area (Å²) in [5, 5.41) is 21.3. The van der Waals surface area contributed by atoms with Crippen LogP contribution in [0.4, 0.5) is 9.18 Å². The van der Waals surface area contributed by atoms with Gasteiger partial charge in [-0.25, -0.2) is 13.8 Å². The Balaban J connectivity index is 2.04. The van der Waals surface area contributed by atoms with Gasteiger partial charge >= 0.3 is 13.9 Å². The zero-order chi connectivity index (χ0) is 16.7. The van der Waals surface area contributed by atoms with E-state index in [1.54, 1.807) is 5.32 Å². The number of carbonyl (C=O) groups excluding carboxylic acids is 2. The summed E-state index contributed by atoms with van der Waals surface area (Å²) >= 11 is 0. The first kappa shape index (κ1) is 17.2. The molecule has 126 valence electrons. The van der Waals surface area contributed by atoms with E-state index in [9.17, 15) is 28.8 Å². The zero-order valence-corrected chi connectivity index (χ0v) is 11.8. The van der Waals surface area contributed by atoms with E-state index in [0.29, 0.717) is 4.90 Å². The van der Waals surface area contributed by atoms with Crippen molar-refractivity contribution in [2.24, 2.45) is 0 Å². The number of carbonyl (C=O) groups is 2. The van der Waals surface area contributed by atoms with Gasteiger partial charge in [0.2, 0.25) is 0 Å². The van der Waals surface area contributed by atoms with Crippen molar-refractivity contribution in [1.29, 1.82) is 0 Å². The summed E-state index contributed by atoms with van der Waals surface area (Å²) in [7, 11) is -4.82. The Morgan fingerprint density at radius 2 is 2.00 bits per heavy atom. The normalized spacial score (nSPS) is 36.6. The van der Waals surface area contributed by atoms with Crippen molar-refractivity contribution < 1.29 is 47.8 Å². The van der Waals surface area contributed by atoms with Crippen LogP contribution in [-0.4, -0.2) is 80.7 Å². The fourth-order valence-electron chi connectivity index (χ4n) is 2.11. The maximum atomic E-state index is 13.3. The number of amides is 3. The number of nitrogens with one attached hydrogen (secondary N) is 1. The summed E-state index contributed by atoms with van der Waals surface area (Å²) in [6.07, 6.45) is -8.17. The molecule has 0 saturated carbocycles. The number of halogens is 1. The van der Waals surface area contributed by atoms with E-state index >= 15 is 0 Å². The minimum absolute atomic E-state index is 0.664. The van der Waals surface area contributed by atoms with Crippen molar-refractivity contribution in [2.75, 3.05) is 13.2 Å². The van der Waals surface area contributed by atoms with Crippen LogP contribution in [0.3, 0.4) is 0 Å². The van der Waals surface area contributed by atoms with Crippen molar-refractivity contribution in [2.45, 2.75) is 30.7 Å². The molecule has 2 rings (SSSR count). The molecule has 0 aromatic rings. The van der Waals surface area contributed by atoms with Crippen LogP contribution in [0.15, 0.2) is 0 Å². The Labute approximate surface area is 122 Å². The number of phosphoric acid groups is 1. The summed E-state index contributed by atoms with van der Waals surface area (Å²) in [5.41, 5.74) is 0. The standard InChI is InChI=1S/C9H14FN2O9P/c10-3-1-12(9(16)11-7(3)15)8-6(14)5(13)4(21-8)2-20-22(17,18)19/h3-6,8,13-14H,1-2H2,(H,11,15,16)(H2,17,18,19)/t3?,4-,5-,6-,8-/m1/s1. The smallest absolute Gasteiger partial charge is 0.387 e. The molecule has 5 atom stereocenters. The van der Waals surface area contributed by atoms with Gasteiger partial charge < -0.3 is 24.7 Å². The second-order valence-electron chi connectivity index (χ2n) is 4.75. The highest BCUT2D eigenvalue weighted by Gasteiger charge is 2.49. The maximum absolute atomic E-state index is 13.3. The zero-order valence-electron chi connectivity index (χ0n) is 10.9. The lowest BCUT2D eigenvalue weighted by Gasteiger charge is -2.34. The van der Waals surface area contributed by atoms with Gasteiger partial charge in [-0.05, 0) is 0 Å². The van der Waals surface area contributed by atoms with Gasteiger partial charge in [0.15, 0.2) is 12.4 Å². The first-order valence-corrected chi connectivity index (χ1v) is 7.60. The molecule has 2 aliphatic rings. The summed E-state index contributed by atoms with van der Waals surface area (Å²) in [6, 6.07) is -1.02. The topological polar surface area (TPSA) is 166 Å². The molecule has 0 radical (unpaired) electrons.